The minimum Gasteiger partial charge on any atom is -0.477 e. The Morgan fingerprint density at radius 2 is 2.18 bits per heavy atom. The van der Waals surface area contributed by atoms with Gasteiger partial charge in [0.2, 0.25) is 11.5 Å². The molecule has 0 bridgehead atoms. The first-order valence-corrected chi connectivity index (χ1v) is 13.7. The summed E-state index contributed by atoms with van der Waals surface area (Å²) in [7, 11) is 0. The van der Waals surface area contributed by atoms with Crippen molar-refractivity contribution in [2.75, 3.05) is 18.1 Å². The monoisotopic (exact) mass is 570 g/mol. The number of nitrogen functional groups attached to an aromatic ring is 1. The fraction of sp³-hybridized carbons (Fsp3) is 0.304. The van der Waals surface area contributed by atoms with Gasteiger partial charge >= 0.3 is 11.6 Å². The number of carbonyl (C=O) groups is 3. The number of allylic oxidation sites excluding steroid dienone is 1. The number of nitrogens with zero attached hydrogens (tertiary/aromatic N) is 7. The van der Waals surface area contributed by atoms with Gasteiger partial charge in [-0.25, -0.2) is 9.36 Å². The Bertz CT molecular complexity index is 1560. The topological polar surface area (TPSA) is 181 Å². The van der Waals surface area contributed by atoms with Gasteiger partial charge in [0.25, 0.3) is 11.8 Å². The van der Waals surface area contributed by atoms with Crippen LogP contribution in [0.3, 0.4) is 0 Å². The van der Waals surface area contributed by atoms with Gasteiger partial charge in [0.05, 0.1) is 6.54 Å². The number of carbonyl (C=O) groups excluding carboxylic acids is 2. The third kappa shape index (κ3) is 4.95. The zero-order valence-electron chi connectivity index (χ0n) is 20.8. The lowest BCUT2D eigenvalue weighted by Crippen LogP contribution is -2.71. The number of nitrogens with two attached hydrogens (primary N) is 1. The van der Waals surface area contributed by atoms with Crippen molar-refractivity contribution in [3.8, 4) is 0 Å². The average Bonchev–Trinajstić information content (AvgIpc) is 3.55. The van der Waals surface area contributed by atoms with Crippen LogP contribution in [0.5, 0.6) is 0 Å². The van der Waals surface area contributed by atoms with Gasteiger partial charge in [-0.15, -0.1) is 16.3 Å². The van der Waals surface area contributed by atoms with Gasteiger partial charge < -0.3 is 21.0 Å². The largest absolute Gasteiger partial charge is 0.477 e. The Morgan fingerprint density at radius 1 is 1.36 bits per heavy atom. The fourth-order valence-corrected chi connectivity index (χ4v) is 5.92. The van der Waals surface area contributed by atoms with E-state index in [4.69, 9.17) is 10.6 Å². The normalized spacial score (nSPS) is 19.4. The molecule has 0 unspecified atom stereocenters. The number of aromatic nitrogens is 5. The van der Waals surface area contributed by atoms with Crippen molar-refractivity contribution in [2.24, 2.45) is 5.16 Å². The van der Waals surface area contributed by atoms with Crippen LogP contribution in [0.15, 0.2) is 47.0 Å². The average molecular weight is 571 g/mol. The molecule has 2 aliphatic heterocycles. The van der Waals surface area contributed by atoms with Crippen molar-refractivity contribution in [1.82, 2.24) is 29.2 Å². The van der Waals surface area contributed by atoms with Crippen molar-refractivity contribution in [2.45, 2.75) is 31.8 Å². The maximum atomic E-state index is 13.1. The van der Waals surface area contributed by atoms with Crippen LogP contribution in [0.25, 0.3) is 11.7 Å². The van der Waals surface area contributed by atoms with Crippen molar-refractivity contribution in [3.05, 3.63) is 53.4 Å². The molecule has 1 saturated heterocycles. The molecule has 202 valence electrons. The van der Waals surface area contributed by atoms with Gasteiger partial charge in [-0.3, -0.25) is 14.5 Å². The highest BCUT2D eigenvalue weighted by atomic mass is 32.2. The quantitative estimate of drug-likeness (QED) is 0.140. The van der Waals surface area contributed by atoms with E-state index in [9.17, 15) is 19.5 Å². The predicted molar refractivity (Wildman–Crippen MR) is 142 cm³/mol. The van der Waals surface area contributed by atoms with Crippen LogP contribution < -0.4 is 15.6 Å². The van der Waals surface area contributed by atoms with E-state index in [1.165, 1.54) is 16.7 Å². The maximum Gasteiger partial charge on any atom is 0.352 e. The van der Waals surface area contributed by atoms with Crippen molar-refractivity contribution in [1.29, 1.82) is 0 Å². The smallest absolute Gasteiger partial charge is 0.352 e. The molecule has 39 heavy (non-hydrogen) atoms. The second-order valence-corrected chi connectivity index (χ2v) is 10.2. The molecule has 0 aromatic carbocycles. The number of amides is 2. The van der Waals surface area contributed by atoms with Crippen LogP contribution in [-0.4, -0.2) is 76.2 Å². The standard InChI is InChI=1S/C23H23N9O5S2/c1-3-30-9-10-31-14(30)8-7-13(27-31)6-5-12-11-38-21-16(20(34)32(21)17(12)22(35)36)25-19(33)15(28-37-4-2)18-26-23(24)39-29-18/h5-10,16,21H,3-4,11H2,1-2H3,(H3-,24,25,26,29,33,35,36)/p+1/b6-5+,28-15-/t16-,21-/m1/s1. The molecule has 3 aromatic heterocycles. The number of imidazole rings is 1. The van der Waals surface area contributed by atoms with Crippen molar-refractivity contribution < 1.29 is 28.9 Å². The first-order chi connectivity index (χ1) is 18.8. The molecule has 0 spiro atoms. The summed E-state index contributed by atoms with van der Waals surface area (Å²) < 4.78 is 7.77. The van der Waals surface area contributed by atoms with Gasteiger partial charge in [0, 0.05) is 23.4 Å². The Kier molecular flexibility index (Phi) is 7.30. The summed E-state index contributed by atoms with van der Waals surface area (Å²) in [6.45, 7) is 4.73. The number of hydrogen-bond acceptors (Lipinski definition) is 11. The lowest BCUT2D eigenvalue weighted by molar-refractivity contribution is -0.667. The molecule has 3 aromatic rings. The molecular weight excluding hydrogens is 546 g/mol. The van der Waals surface area contributed by atoms with Crippen LogP contribution >= 0.6 is 23.3 Å². The van der Waals surface area contributed by atoms with Crippen LogP contribution in [0, 0.1) is 0 Å². The molecule has 2 amide bonds. The highest BCUT2D eigenvalue weighted by Gasteiger charge is 2.54. The molecule has 16 heteroatoms. The number of hydrogen-bond donors (Lipinski definition) is 3. The van der Waals surface area contributed by atoms with Crippen LogP contribution in [0.2, 0.25) is 0 Å². The fourth-order valence-electron chi connectivity index (χ4n) is 4.17. The molecule has 1 fully saturated rings. The predicted octanol–water partition coefficient (Wildman–Crippen LogP) is 0.268. The number of aliphatic carboxylic acids is 1. The first-order valence-electron chi connectivity index (χ1n) is 11.9. The van der Waals surface area contributed by atoms with E-state index >= 15 is 0 Å². The Morgan fingerprint density at radius 3 is 2.87 bits per heavy atom. The number of carboxylic acid groups (broad SMARTS) is 1. The number of rotatable bonds is 9. The summed E-state index contributed by atoms with van der Waals surface area (Å²) in [6, 6.07) is 2.80. The van der Waals surface area contributed by atoms with E-state index in [1.54, 1.807) is 23.6 Å². The van der Waals surface area contributed by atoms with E-state index in [0.717, 1.165) is 23.7 Å². The van der Waals surface area contributed by atoms with Gasteiger partial charge in [-0.1, -0.05) is 16.3 Å². The number of oxime groups is 1. The zero-order chi connectivity index (χ0) is 27.7. The second kappa shape index (κ2) is 10.8. The van der Waals surface area contributed by atoms with E-state index < -0.39 is 29.2 Å². The number of anilines is 1. The molecule has 2 atom stereocenters. The summed E-state index contributed by atoms with van der Waals surface area (Å²) in [5.74, 6) is -2.25. The number of carboxylic acids is 1. The minimum atomic E-state index is -1.24. The molecule has 0 radical (unpaired) electrons. The summed E-state index contributed by atoms with van der Waals surface area (Å²) in [6.07, 6.45) is 7.14. The van der Waals surface area contributed by atoms with Gasteiger partial charge in [-0.2, -0.15) is 9.36 Å². The van der Waals surface area contributed by atoms with Crippen molar-refractivity contribution >= 4 is 63.6 Å². The third-order valence-corrected chi connectivity index (χ3v) is 7.82. The minimum absolute atomic E-state index is 0.0295. The highest BCUT2D eigenvalue weighted by molar-refractivity contribution is 8.00. The summed E-state index contributed by atoms with van der Waals surface area (Å²) in [5.41, 5.74) is 7.28. The van der Waals surface area contributed by atoms with Crippen molar-refractivity contribution in [3.63, 3.8) is 0 Å². The van der Waals surface area contributed by atoms with E-state index in [2.05, 4.69) is 24.9 Å². The maximum absolute atomic E-state index is 13.1. The second-order valence-electron chi connectivity index (χ2n) is 8.33. The number of aryl methyl sites for hydroxylation is 1. The van der Waals surface area contributed by atoms with Gasteiger partial charge in [0.15, 0.2) is 11.3 Å². The number of thioether (sulfide) groups is 1. The van der Waals surface area contributed by atoms with E-state index in [-0.39, 0.29) is 29.0 Å². The molecule has 0 saturated carbocycles. The number of β-lactam (4-membered cyclic amide) rings is 1. The van der Waals surface area contributed by atoms with Crippen LogP contribution in [0.1, 0.15) is 25.4 Å². The van der Waals surface area contributed by atoms with Crippen LogP contribution in [-0.2, 0) is 25.8 Å². The van der Waals surface area contributed by atoms with Gasteiger partial charge in [0.1, 0.15) is 35.6 Å². The van der Waals surface area contributed by atoms with E-state index in [1.807, 2.05) is 36.0 Å². The Balaban J connectivity index is 1.35. The first kappa shape index (κ1) is 26.3. The summed E-state index contributed by atoms with van der Waals surface area (Å²) in [5, 5.41) is 20.4. The number of nitrogens with one attached hydrogen (secondary N) is 1. The third-order valence-electron chi connectivity index (χ3n) is 5.98. The van der Waals surface area contributed by atoms with Gasteiger partial charge in [-0.05, 0) is 31.6 Å². The molecule has 14 nitrogen and oxygen atoms in total. The lowest BCUT2D eigenvalue weighted by Gasteiger charge is -2.49. The molecule has 5 rings (SSSR count). The molecular formula is C23H24N9O5S2+. The molecule has 0 aliphatic carbocycles. The molecule has 4 N–H and O–H groups in total. The lowest BCUT2D eigenvalue weighted by atomic mass is 10.0. The zero-order valence-corrected chi connectivity index (χ0v) is 22.5. The van der Waals surface area contributed by atoms with Crippen LogP contribution in [0.4, 0.5) is 5.13 Å². The SMILES string of the molecule is CCO/N=C(\C(=O)N[C@@H]1C(=O)N2C(C(=O)O)=C(/C=C/c3ccc4n(cc[n+]4CC)n3)CS[C@H]12)c1nsc(N)n1. The highest BCUT2D eigenvalue weighted by Crippen LogP contribution is 2.40. The van der Waals surface area contributed by atoms with E-state index in [0.29, 0.717) is 17.0 Å². The molecule has 5 heterocycles. The molecule has 2 aliphatic rings. The Labute approximate surface area is 230 Å². The Hall–Kier alpha value is -4.31. The number of fused-ring (bicyclic) bond motifs is 2. The summed E-state index contributed by atoms with van der Waals surface area (Å²) in [4.78, 5) is 48.4. The summed E-state index contributed by atoms with van der Waals surface area (Å²) >= 11 is 2.22.